The molecule has 0 radical (unpaired) electrons. The van der Waals surface area contributed by atoms with Crippen molar-refractivity contribution < 1.29 is 4.79 Å². The van der Waals surface area contributed by atoms with Gasteiger partial charge in [0.1, 0.15) is 0 Å². The van der Waals surface area contributed by atoms with Gasteiger partial charge >= 0.3 is 0 Å². The van der Waals surface area contributed by atoms with Crippen LogP contribution < -0.4 is 0 Å². The van der Waals surface area contributed by atoms with Gasteiger partial charge < -0.3 is 0 Å². The second-order valence-electron chi connectivity index (χ2n) is 5.07. The second kappa shape index (κ2) is 5.48. The summed E-state index contributed by atoms with van der Waals surface area (Å²) in [5, 5.41) is 4.36. The van der Waals surface area contributed by atoms with Crippen molar-refractivity contribution in [1.82, 2.24) is 9.78 Å². The fourth-order valence-electron chi connectivity index (χ4n) is 2.76. The van der Waals surface area contributed by atoms with Gasteiger partial charge in [-0.05, 0) is 19.3 Å². The van der Waals surface area contributed by atoms with E-state index in [2.05, 4.69) is 12.0 Å². The molecule has 0 unspecified atom stereocenters. The van der Waals surface area contributed by atoms with Crippen LogP contribution in [0.1, 0.15) is 61.5 Å². The number of hydrogen-bond donors (Lipinski definition) is 0. The highest BCUT2D eigenvalue weighted by Crippen LogP contribution is 2.27. The second-order valence-corrected chi connectivity index (χ2v) is 5.07. The summed E-state index contributed by atoms with van der Waals surface area (Å²) in [6.07, 6.45) is 9.86. The van der Waals surface area contributed by atoms with Crippen molar-refractivity contribution in [2.45, 2.75) is 51.9 Å². The van der Waals surface area contributed by atoms with E-state index in [1.807, 2.05) is 13.2 Å². The van der Waals surface area contributed by atoms with Crippen molar-refractivity contribution in [2.24, 2.45) is 13.0 Å². The largest absolute Gasteiger partial charge is 0.294 e. The summed E-state index contributed by atoms with van der Waals surface area (Å²) in [6.45, 7) is 2.06. The number of ketones is 1. The number of carbonyl (C=O) groups is 1. The first-order valence-corrected chi connectivity index (χ1v) is 6.79. The van der Waals surface area contributed by atoms with E-state index in [-0.39, 0.29) is 5.92 Å². The summed E-state index contributed by atoms with van der Waals surface area (Å²) in [4.78, 5) is 12.5. The van der Waals surface area contributed by atoms with Gasteiger partial charge in [-0.15, -0.1) is 0 Å². The number of aromatic nitrogens is 2. The smallest absolute Gasteiger partial charge is 0.169 e. The van der Waals surface area contributed by atoms with Crippen molar-refractivity contribution in [1.29, 1.82) is 0 Å². The molecule has 1 aliphatic carbocycles. The minimum atomic E-state index is 0.243. The van der Waals surface area contributed by atoms with E-state index >= 15 is 0 Å². The highest BCUT2D eigenvalue weighted by molar-refractivity contribution is 5.98. The first-order valence-electron chi connectivity index (χ1n) is 6.79. The Bertz CT molecular complexity index is 387. The highest BCUT2D eigenvalue weighted by atomic mass is 16.1. The summed E-state index contributed by atoms with van der Waals surface area (Å²) < 4.78 is 1.77. The Labute approximate surface area is 103 Å². The van der Waals surface area contributed by atoms with Crippen LogP contribution in [-0.4, -0.2) is 15.6 Å². The van der Waals surface area contributed by atoms with Gasteiger partial charge in [0.15, 0.2) is 5.78 Å². The predicted molar refractivity (Wildman–Crippen MR) is 68.1 cm³/mol. The number of hydrogen-bond acceptors (Lipinski definition) is 2. The first-order chi connectivity index (χ1) is 8.22. The number of carbonyl (C=O) groups excluding carboxylic acids is 1. The van der Waals surface area contributed by atoms with E-state index in [1.165, 1.54) is 25.7 Å². The molecule has 3 nitrogen and oxygen atoms in total. The zero-order valence-corrected chi connectivity index (χ0v) is 10.9. The van der Waals surface area contributed by atoms with Crippen molar-refractivity contribution in [3.63, 3.8) is 0 Å². The molecular formula is C14H22N2O. The SMILES string of the molecule is CCc1nn(C)cc1C(=O)C1CCCCCC1. The van der Waals surface area contributed by atoms with Gasteiger partial charge in [-0.3, -0.25) is 9.48 Å². The fraction of sp³-hybridized carbons (Fsp3) is 0.714. The number of aryl methyl sites for hydroxylation is 2. The van der Waals surface area contributed by atoms with E-state index in [1.54, 1.807) is 4.68 Å². The summed E-state index contributed by atoms with van der Waals surface area (Å²) in [5.74, 6) is 0.573. The molecule has 1 saturated carbocycles. The van der Waals surface area contributed by atoms with E-state index in [0.717, 1.165) is 30.5 Å². The Hall–Kier alpha value is -1.12. The predicted octanol–water partition coefficient (Wildman–Crippen LogP) is 3.14. The van der Waals surface area contributed by atoms with Crippen molar-refractivity contribution in [3.8, 4) is 0 Å². The lowest BCUT2D eigenvalue weighted by Gasteiger charge is -2.11. The Balaban J connectivity index is 2.17. The van der Waals surface area contributed by atoms with Crippen molar-refractivity contribution in [2.75, 3.05) is 0 Å². The normalized spacial score (nSPS) is 18.0. The van der Waals surface area contributed by atoms with Gasteiger partial charge in [0.25, 0.3) is 0 Å². The minimum Gasteiger partial charge on any atom is -0.294 e. The van der Waals surface area contributed by atoms with Gasteiger partial charge in [-0.2, -0.15) is 5.10 Å². The van der Waals surface area contributed by atoms with Gasteiger partial charge in [0.05, 0.1) is 11.3 Å². The Morgan fingerprint density at radius 3 is 2.59 bits per heavy atom. The maximum atomic E-state index is 12.5. The van der Waals surface area contributed by atoms with Gasteiger partial charge in [-0.1, -0.05) is 32.6 Å². The molecular weight excluding hydrogens is 212 g/mol. The fourth-order valence-corrected chi connectivity index (χ4v) is 2.76. The van der Waals surface area contributed by atoms with Crippen LogP contribution in [0.2, 0.25) is 0 Å². The molecule has 2 rings (SSSR count). The van der Waals surface area contributed by atoms with E-state index in [9.17, 15) is 4.79 Å². The first kappa shape index (κ1) is 12.3. The Kier molecular flexibility index (Phi) is 3.97. The summed E-state index contributed by atoms with van der Waals surface area (Å²) in [5.41, 5.74) is 1.82. The van der Waals surface area contributed by atoms with Crippen LogP contribution >= 0.6 is 0 Å². The molecule has 1 aliphatic rings. The van der Waals surface area contributed by atoms with Crippen LogP contribution in [0.4, 0.5) is 0 Å². The average molecular weight is 234 g/mol. The zero-order valence-electron chi connectivity index (χ0n) is 10.9. The van der Waals surface area contributed by atoms with Crippen LogP contribution in [0.25, 0.3) is 0 Å². The van der Waals surface area contributed by atoms with Crippen molar-refractivity contribution in [3.05, 3.63) is 17.5 Å². The Morgan fingerprint density at radius 2 is 2.00 bits per heavy atom. The molecule has 1 heterocycles. The molecule has 17 heavy (non-hydrogen) atoms. The van der Waals surface area contributed by atoms with E-state index in [0.29, 0.717) is 5.78 Å². The van der Waals surface area contributed by atoms with Crippen LogP contribution in [-0.2, 0) is 13.5 Å². The van der Waals surface area contributed by atoms with Crippen LogP contribution in [0.15, 0.2) is 6.20 Å². The highest BCUT2D eigenvalue weighted by Gasteiger charge is 2.24. The van der Waals surface area contributed by atoms with Gasteiger partial charge in [0.2, 0.25) is 0 Å². The number of rotatable bonds is 3. The minimum absolute atomic E-state index is 0.243. The van der Waals surface area contributed by atoms with E-state index < -0.39 is 0 Å². The lowest BCUT2D eigenvalue weighted by Crippen LogP contribution is -2.15. The molecule has 1 aromatic rings. The lowest BCUT2D eigenvalue weighted by molar-refractivity contribution is 0.0907. The zero-order chi connectivity index (χ0) is 12.3. The molecule has 1 aromatic heterocycles. The molecule has 0 aromatic carbocycles. The summed E-state index contributed by atoms with van der Waals surface area (Å²) in [7, 11) is 1.89. The monoisotopic (exact) mass is 234 g/mol. The van der Waals surface area contributed by atoms with Crippen molar-refractivity contribution >= 4 is 5.78 Å². The number of nitrogens with zero attached hydrogens (tertiary/aromatic N) is 2. The third-order valence-corrected chi connectivity index (χ3v) is 3.73. The average Bonchev–Trinajstić information content (AvgIpc) is 2.55. The molecule has 0 aliphatic heterocycles. The van der Waals surface area contributed by atoms with Gasteiger partial charge in [-0.25, -0.2) is 0 Å². The maximum Gasteiger partial charge on any atom is 0.169 e. The third kappa shape index (κ3) is 2.76. The van der Waals surface area contributed by atoms with Gasteiger partial charge in [0, 0.05) is 19.2 Å². The molecule has 0 saturated heterocycles. The molecule has 0 spiro atoms. The maximum absolute atomic E-state index is 12.5. The number of Topliss-reactive ketones (excluding diaryl/α,β-unsaturated/α-hetero) is 1. The van der Waals surface area contributed by atoms with E-state index in [4.69, 9.17) is 0 Å². The van der Waals surface area contributed by atoms with Crippen LogP contribution in [0, 0.1) is 5.92 Å². The molecule has 3 heteroatoms. The summed E-state index contributed by atoms with van der Waals surface area (Å²) in [6, 6.07) is 0. The Morgan fingerprint density at radius 1 is 1.35 bits per heavy atom. The molecule has 0 amide bonds. The standard InChI is InChI=1S/C14H22N2O/c1-3-13-12(10-16(2)15-13)14(17)11-8-6-4-5-7-9-11/h10-11H,3-9H2,1-2H3. The molecule has 0 atom stereocenters. The molecule has 1 fully saturated rings. The van der Waals surface area contributed by atoms with Crippen LogP contribution in [0.3, 0.4) is 0 Å². The third-order valence-electron chi connectivity index (χ3n) is 3.73. The molecule has 0 N–H and O–H groups in total. The lowest BCUT2D eigenvalue weighted by atomic mass is 9.91. The quantitative estimate of drug-likeness (QED) is 0.595. The van der Waals surface area contributed by atoms with Crippen LogP contribution in [0.5, 0.6) is 0 Å². The molecule has 94 valence electrons. The summed E-state index contributed by atoms with van der Waals surface area (Å²) >= 11 is 0. The topological polar surface area (TPSA) is 34.9 Å². The molecule has 0 bridgehead atoms.